The molecule has 3 N–H and O–H groups in total. The first-order chi connectivity index (χ1) is 13.5. The molecule has 1 aliphatic rings. The summed E-state index contributed by atoms with van der Waals surface area (Å²) >= 11 is 0. The van der Waals surface area contributed by atoms with Gasteiger partial charge in [-0.25, -0.2) is 0 Å². The summed E-state index contributed by atoms with van der Waals surface area (Å²) in [6, 6.07) is 17.7. The monoisotopic (exact) mass is 376 g/mol. The zero-order valence-corrected chi connectivity index (χ0v) is 15.1. The molecule has 5 nitrogen and oxygen atoms in total. The number of carbonyl (C=O) groups is 1. The number of hydrogen-bond donors (Lipinski definition) is 3. The second-order valence-electron chi connectivity index (χ2n) is 6.94. The zero-order valence-electron chi connectivity index (χ0n) is 15.1. The van der Waals surface area contributed by atoms with Gasteiger partial charge >= 0.3 is 5.97 Å². The third kappa shape index (κ3) is 3.39. The van der Waals surface area contributed by atoms with Crippen LogP contribution in [0.5, 0.6) is 23.0 Å². The van der Waals surface area contributed by atoms with E-state index in [0.29, 0.717) is 24.0 Å². The lowest BCUT2D eigenvalue weighted by Gasteiger charge is -2.28. The van der Waals surface area contributed by atoms with Crippen molar-refractivity contribution in [3.8, 4) is 23.0 Å². The highest BCUT2D eigenvalue weighted by Crippen LogP contribution is 2.48. The maximum absolute atomic E-state index is 12.3. The van der Waals surface area contributed by atoms with Crippen molar-refractivity contribution >= 4 is 5.97 Å². The zero-order chi connectivity index (χ0) is 19.7. The number of esters is 1. The Kier molecular flexibility index (Phi) is 4.65. The molecule has 0 aliphatic carbocycles. The first-order valence-electron chi connectivity index (χ1n) is 9.14. The van der Waals surface area contributed by atoms with Gasteiger partial charge in [-0.05, 0) is 36.1 Å². The lowest BCUT2D eigenvalue weighted by molar-refractivity contribution is -0.135. The van der Waals surface area contributed by atoms with Crippen molar-refractivity contribution < 1.29 is 24.9 Å². The number of ether oxygens (including phenoxy) is 1. The highest BCUT2D eigenvalue weighted by Gasteiger charge is 2.34. The molecule has 1 unspecified atom stereocenters. The van der Waals surface area contributed by atoms with E-state index in [1.165, 1.54) is 6.07 Å². The Morgan fingerprint density at radius 3 is 2.32 bits per heavy atom. The average Bonchev–Trinajstić information content (AvgIpc) is 2.68. The second-order valence-corrected chi connectivity index (χ2v) is 6.94. The van der Waals surface area contributed by atoms with Crippen molar-refractivity contribution in [1.29, 1.82) is 0 Å². The van der Waals surface area contributed by atoms with Gasteiger partial charge in [0.1, 0.15) is 23.0 Å². The predicted molar refractivity (Wildman–Crippen MR) is 104 cm³/mol. The van der Waals surface area contributed by atoms with Gasteiger partial charge in [0.15, 0.2) is 0 Å². The van der Waals surface area contributed by atoms with E-state index >= 15 is 0 Å². The third-order valence-electron chi connectivity index (χ3n) is 5.11. The standard InChI is InChI=1S/C23H20O5/c24-16-9-7-15(8-10-16)18-12-21(27)28-23-17(19(25)13-20(26)22(18)23)11-6-14-4-2-1-3-5-14/h1-5,7-10,13,18,24-26H,6,11-12H2. The van der Waals surface area contributed by atoms with Crippen LogP contribution in [0.25, 0.3) is 0 Å². The van der Waals surface area contributed by atoms with Gasteiger partial charge in [-0.1, -0.05) is 42.5 Å². The van der Waals surface area contributed by atoms with Gasteiger partial charge < -0.3 is 20.1 Å². The molecule has 1 aliphatic heterocycles. The fraction of sp³-hybridized carbons (Fsp3) is 0.174. The molecule has 0 saturated carbocycles. The van der Waals surface area contributed by atoms with E-state index in [0.717, 1.165) is 11.1 Å². The summed E-state index contributed by atoms with van der Waals surface area (Å²) in [7, 11) is 0. The van der Waals surface area contributed by atoms with Crippen LogP contribution >= 0.6 is 0 Å². The van der Waals surface area contributed by atoms with E-state index in [1.54, 1.807) is 24.3 Å². The van der Waals surface area contributed by atoms with Crippen LogP contribution in [0.2, 0.25) is 0 Å². The normalized spacial score (nSPS) is 15.7. The minimum atomic E-state index is -0.420. The summed E-state index contributed by atoms with van der Waals surface area (Å²) in [4.78, 5) is 12.3. The van der Waals surface area contributed by atoms with E-state index in [2.05, 4.69) is 0 Å². The van der Waals surface area contributed by atoms with Crippen LogP contribution in [0.15, 0.2) is 60.7 Å². The van der Waals surface area contributed by atoms with Crippen molar-refractivity contribution in [1.82, 2.24) is 0 Å². The number of phenolic OH excluding ortho intramolecular Hbond substituents is 3. The molecule has 4 rings (SSSR count). The Morgan fingerprint density at radius 1 is 0.893 bits per heavy atom. The Morgan fingerprint density at radius 2 is 1.61 bits per heavy atom. The maximum Gasteiger partial charge on any atom is 0.312 e. The first kappa shape index (κ1) is 17.9. The van der Waals surface area contributed by atoms with Gasteiger partial charge in [0, 0.05) is 23.1 Å². The number of benzene rings is 3. The lowest BCUT2D eigenvalue weighted by atomic mass is 9.83. The summed E-state index contributed by atoms with van der Waals surface area (Å²) in [5, 5.41) is 30.5. The van der Waals surface area contributed by atoms with E-state index in [-0.39, 0.29) is 29.4 Å². The molecule has 0 saturated heterocycles. The van der Waals surface area contributed by atoms with Crippen LogP contribution in [-0.4, -0.2) is 21.3 Å². The van der Waals surface area contributed by atoms with E-state index in [1.807, 2.05) is 30.3 Å². The highest BCUT2D eigenvalue weighted by atomic mass is 16.5. The van der Waals surface area contributed by atoms with Gasteiger partial charge in [0.05, 0.1) is 6.42 Å². The summed E-state index contributed by atoms with van der Waals surface area (Å²) in [6.07, 6.45) is 1.20. The van der Waals surface area contributed by atoms with E-state index < -0.39 is 11.9 Å². The summed E-state index contributed by atoms with van der Waals surface area (Å²) in [5.41, 5.74) is 2.88. The van der Waals surface area contributed by atoms with Crippen LogP contribution in [0, 0.1) is 0 Å². The molecule has 0 aromatic heterocycles. The second kappa shape index (κ2) is 7.27. The number of aryl methyl sites for hydroxylation is 1. The molecule has 28 heavy (non-hydrogen) atoms. The number of carbonyl (C=O) groups excluding carboxylic acids is 1. The minimum absolute atomic E-state index is 0.0776. The molecule has 0 amide bonds. The average molecular weight is 376 g/mol. The Balaban J connectivity index is 1.76. The van der Waals surface area contributed by atoms with Gasteiger partial charge in [-0.3, -0.25) is 4.79 Å². The van der Waals surface area contributed by atoms with Crippen LogP contribution in [0.1, 0.15) is 34.6 Å². The van der Waals surface area contributed by atoms with Crippen LogP contribution < -0.4 is 4.74 Å². The van der Waals surface area contributed by atoms with Crippen LogP contribution in [0.3, 0.4) is 0 Å². The molecule has 0 radical (unpaired) electrons. The maximum atomic E-state index is 12.3. The molecule has 0 bridgehead atoms. The molecule has 3 aromatic carbocycles. The highest BCUT2D eigenvalue weighted by molar-refractivity contribution is 5.80. The fourth-order valence-electron chi connectivity index (χ4n) is 3.71. The molecule has 1 heterocycles. The topological polar surface area (TPSA) is 87.0 Å². The smallest absolute Gasteiger partial charge is 0.312 e. The molecule has 1 atom stereocenters. The lowest BCUT2D eigenvalue weighted by Crippen LogP contribution is -2.22. The van der Waals surface area contributed by atoms with Gasteiger partial charge in [0.2, 0.25) is 0 Å². The van der Waals surface area contributed by atoms with Crippen molar-refractivity contribution in [2.75, 3.05) is 0 Å². The minimum Gasteiger partial charge on any atom is -0.508 e. The molecule has 142 valence electrons. The third-order valence-corrected chi connectivity index (χ3v) is 5.11. The summed E-state index contributed by atoms with van der Waals surface area (Å²) in [6.45, 7) is 0. The molecular weight excluding hydrogens is 356 g/mol. The quantitative estimate of drug-likeness (QED) is 0.473. The number of hydrogen-bond acceptors (Lipinski definition) is 5. The molecule has 0 spiro atoms. The predicted octanol–water partition coefficient (Wildman–Crippen LogP) is 4.03. The van der Waals surface area contributed by atoms with Gasteiger partial charge in [-0.2, -0.15) is 0 Å². The molecule has 0 fully saturated rings. The van der Waals surface area contributed by atoms with Gasteiger partial charge in [-0.15, -0.1) is 0 Å². The Hall–Kier alpha value is -3.47. The molecule has 3 aromatic rings. The molecule has 5 heteroatoms. The summed E-state index contributed by atoms with van der Waals surface area (Å²) < 4.78 is 5.48. The Labute approximate surface area is 162 Å². The SMILES string of the molecule is O=C1CC(c2ccc(O)cc2)c2c(O)cc(O)c(CCc3ccccc3)c2O1. The van der Waals surface area contributed by atoms with E-state index in [4.69, 9.17) is 4.74 Å². The fourth-order valence-corrected chi connectivity index (χ4v) is 3.71. The Bertz CT molecular complexity index is 1010. The van der Waals surface area contributed by atoms with Crippen molar-refractivity contribution in [2.24, 2.45) is 0 Å². The van der Waals surface area contributed by atoms with Crippen LogP contribution in [0.4, 0.5) is 0 Å². The van der Waals surface area contributed by atoms with Crippen molar-refractivity contribution in [2.45, 2.75) is 25.2 Å². The van der Waals surface area contributed by atoms with Crippen LogP contribution in [-0.2, 0) is 17.6 Å². The van der Waals surface area contributed by atoms with Crippen molar-refractivity contribution in [3.05, 3.63) is 82.9 Å². The number of aromatic hydroxyl groups is 3. The number of phenols is 3. The van der Waals surface area contributed by atoms with E-state index in [9.17, 15) is 20.1 Å². The molecular formula is C23H20O5. The largest absolute Gasteiger partial charge is 0.508 e. The number of rotatable bonds is 4. The number of fused-ring (bicyclic) bond motifs is 1. The van der Waals surface area contributed by atoms with Gasteiger partial charge in [0.25, 0.3) is 0 Å². The first-order valence-corrected chi connectivity index (χ1v) is 9.14. The van der Waals surface area contributed by atoms with Crippen molar-refractivity contribution in [3.63, 3.8) is 0 Å². The summed E-state index contributed by atoms with van der Waals surface area (Å²) in [5.74, 6) is -0.666.